The number of rotatable bonds is 2. The van der Waals surface area contributed by atoms with E-state index < -0.39 is 10.0 Å². The number of aromatic amines is 1. The van der Waals surface area contributed by atoms with Crippen LogP contribution in [0.25, 0.3) is 11.0 Å². The topological polar surface area (TPSA) is 89.8 Å². The fourth-order valence-corrected chi connectivity index (χ4v) is 3.43. The van der Waals surface area contributed by atoms with Crippen LogP contribution in [0.5, 0.6) is 0 Å². The van der Waals surface area contributed by atoms with Crippen LogP contribution in [0.15, 0.2) is 18.2 Å². The minimum Gasteiger partial charge on any atom is -0.342 e. The summed E-state index contributed by atoms with van der Waals surface area (Å²) in [7, 11) is -3.14. The SMILES string of the molecule is CS(=O)(=O)N1CC[C@H](c2nc3ccc(C#N)cc3[nH]2)C1. The van der Waals surface area contributed by atoms with Crippen molar-refractivity contribution in [2.45, 2.75) is 12.3 Å². The van der Waals surface area contributed by atoms with E-state index in [1.165, 1.54) is 10.6 Å². The molecule has 1 aliphatic heterocycles. The normalized spacial score (nSPS) is 20.3. The second-order valence-electron chi connectivity index (χ2n) is 5.07. The first-order valence-electron chi connectivity index (χ1n) is 6.32. The van der Waals surface area contributed by atoms with Gasteiger partial charge < -0.3 is 4.98 Å². The summed E-state index contributed by atoms with van der Waals surface area (Å²) in [5.74, 6) is 0.879. The molecule has 0 saturated carbocycles. The van der Waals surface area contributed by atoms with Gasteiger partial charge >= 0.3 is 0 Å². The Kier molecular flexibility index (Phi) is 3.00. The zero-order valence-electron chi connectivity index (χ0n) is 11.0. The Hall–Kier alpha value is -1.91. The highest BCUT2D eigenvalue weighted by atomic mass is 32.2. The number of nitrogens with zero attached hydrogens (tertiary/aromatic N) is 3. The number of benzene rings is 1. The third kappa shape index (κ3) is 2.28. The maximum absolute atomic E-state index is 11.5. The zero-order chi connectivity index (χ0) is 14.3. The molecule has 1 N–H and O–H groups in total. The molecule has 3 rings (SSSR count). The highest BCUT2D eigenvalue weighted by Gasteiger charge is 2.31. The van der Waals surface area contributed by atoms with Crippen molar-refractivity contribution in [3.8, 4) is 6.07 Å². The van der Waals surface area contributed by atoms with Crippen molar-refractivity contribution in [2.75, 3.05) is 19.3 Å². The summed E-state index contributed by atoms with van der Waals surface area (Å²) in [4.78, 5) is 7.70. The van der Waals surface area contributed by atoms with Crippen molar-refractivity contribution < 1.29 is 8.42 Å². The molecule has 2 aromatic rings. The van der Waals surface area contributed by atoms with Gasteiger partial charge in [0, 0.05) is 19.0 Å². The number of hydrogen-bond donors (Lipinski definition) is 1. The first-order valence-corrected chi connectivity index (χ1v) is 8.17. The Morgan fingerprint density at radius 3 is 2.95 bits per heavy atom. The molecular formula is C13H14N4O2S. The molecule has 7 heteroatoms. The van der Waals surface area contributed by atoms with Gasteiger partial charge in [0.1, 0.15) is 5.82 Å². The van der Waals surface area contributed by atoms with Crippen molar-refractivity contribution in [3.63, 3.8) is 0 Å². The third-order valence-corrected chi connectivity index (χ3v) is 4.91. The summed E-state index contributed by atoms with van der Waals surface area (Å²) in [6.07, 6.45) is 1.99. The lowest BCUT2D eigenvalue weighted by Gasteiger charge is -2.11. The number of aromatic nitrogens is 2. The van der Waals surface area contributed by atoms with Crippen LogP contribution in [0.3, 0.4) is 0 Å². The molecule has 0 unspecified atom stereocenters. The van der Waals surface area contributed by atoms with Crippen LogP contribution in [0.2, 0.25) is 0 Å². The van der Waals surface area contributed by atoms with Gasteiger partial charge in [-0.2, -0.15) is 5.26 Å². The van der Waals surface area contributed by atoms with Gasteiger partial charge in [0.25, 0.3) is 0 Å². The second-order valence-corrected chi connectivity index (χ2v) is 7.05. The number of H-pyrrole nitrogens is 1. The molecule has 2 heterocycles. The van der Waals surface area contributed by atoms with Crippen LogP contribution in [-0.4, -0.2) is 42.0 Å². The van der Waals surface area contributed by atoms with E-state index in [0.29, 0.717) is 18.7 Å². The summed E-state index contributed by atoms with van der Waals surface area (Å²) >= 11 is 0. The van der Waals surface area contributed by atoms with Gasteiger partial charge in [-0.1, -0.05) is 0 Å². The maximum atomic E-state index is 11.5. The number of nitrogens with one attached hydrogen (secondary N) is 1. The summed E-state index contributed by atoms with van der Waals surface area (Å²) in [6, 6.07) is 7.38. The van der Waals surface area contributed by atoms with Gasteiger partial charge in [-0.3, -0.25) is 0 Å². The van der Waals surface area contributed by atoms with Gasteiger partial charge in [0.05, 0.1) is 28.9 Å². The van der Waals surface area contributed by atoms with E-state index >= 15 is 0 Å². The van der Waals surface area contributed by atoms with E-state index in [4.69, 9.17) is 5.26 Å². The third-order valence-electron chi connectivity index (χ3n) is 3.64. The van der Waals surface area contributed by atoms with Crippen LogP contribution >= 0.6 is 0 Å². The highest BCUT2D eigenvalue weighted by Crippen LogP contribution is 2.28. The number of hydrogen-bond acceptors (Lipinski definition) is 4. The zero-order valence-corrected chi connectivity index (χ0v) is 11.8. The molecule has 20 heavy (non-hydrogen) atoms. The van der Waals surface area contributed by atoms with E-state index in [1.807, 2.05) is 0 Å². The standard InChI is InChI=1S/C13H14N4O2S/c1-20(18,19)17-5-4-10(8-17)13-15-11-3-2-9(7-14)6-12(11)16-13/h2-3,6,10H,4-5,8H2,1H3,(H,15,16)/t10-/m0/s1. The lowest BCUT2D eigenvalue weighted by atomic mass is 10.1. The van der Waals surface area contributed by atoms with Crippen molar-refractivity contribution in [1.29, 1.82) is 5.26 Å². The molecule has 1 saturated heterocycles. The van der Waals surface area contributed by atoms with Crippen molar-refractivity contribution >= 4 is 21.1 Å². The summed E-state index contributed by atoms with van der Waals surface area (Å²) in [5.41, 5.74) is 2.20. The highest BCUT2D eigenvalue weighted by molar-refractivity contribution is 7.88. The average Bonchev–Trinajstić information content (AvgIpc) is 3.03. The number of imidazole rings is 1. The molecule has 0 amide bonds. The molecule has 1 aromatic heterocycles. The van der Waals surface area contributed by atoms with Crippen LogP contribution in [0, 0.1) is 11.3 Å². The molecule has 0 radical (unpaired) electrons. The molecule has 1 fully saturated rings. The predicted octanol–water partition coefficient (Wildman–Crippen LogP) is 1.18. The van der Waals surface area contributed by atoms with Gasteiger partial charge in [-0.05, 0) is 24.6 Å². The van der Waals surface area contributed by atoms with Gasteiger partial charge in [0.2, 0.25) is 10.0 Å². The average molecular weight is 290 g/mol. The fraction of sp³-hybridized carbons (Fsp3) is 0.385. The number of sulfonamides is 1. The molecular weight excluding hydrogens is 276 g/mol. The van der Waals surface area contributed by atoms with Crippen LogP contribution in [-0.2, 0) is 10.0 Å². The minimum absolute atomic E-state index is 0.0858. The Morgan fingerprint density at radius 2 is 2.30 bits per heavy atom. The number of nitriles is 1. The first-order chi connectivity index (χ1) is 9.47. The van der Waals surface area contributed by atoms with E-state index in [9.17, 15) is 8.42 Å². The maximum Gasteiger partial charge on any atom is 0.211 e. The molecule has 0 spiro atoms. The quantitative estimate of drug-likeness (QED) is 0.899. The predicted molar refractivity (Wildman–Crippen MR) is 74.6 cm³/mol. The summed E-state index contributed by atoms with van der Waals surface area (Å²) < 4.78 is 24.5. The van der Waals surface area contributed by atoms with Crippen LogP contribution in [0.4, 0.5) is 0 Å². The lowest BCUT2D eigenvalue weighted by molar-refractivity contribution is 0.477. The summed E-state index contributed by atoms with van der Waals surface area (Å²) in [6.45, 7) is 0.994. The Labute approximate surface area is 117 Å². The van der Waals surface area contributed by atoms with E-state index in [2.05, 4.69) is 16.0 Å². The van der Waals surface area contributed by atoms with E-state index in [-0.39, 0.29) is 5.92 Å². The lowest BCUT2D eigenvalue weighted by Crippen LogP contribution is -2.27. The largest absolute Gasteiger partial charge is 0.342 e. The van der Waals surface area contributed by atoms with Crippen LogP contribution in [0.1, 0.15) is 23.7 Å². The molecule has 104 valence electrons. The minimum atomic E-state index is -3.14. The molecule has 1 aromatic carbocycles. The Morgan fingerprint density at radius 1 is 1.50 bits per heavy atom. The van der Waals surface area contributed by atoms with Crippen molar-refractivity contribution in [3.05, 3.63) is 29.6 Å². The summed E-state index contributed by atoms with van der Waals surface area (Å²) in [5, 5.41) is 8.88. The van der Waals surface area contributed by atoms with Gasteiger partial charge in [-0.25, -0.2) is 17.7 Å². The van der Waals surface area contributed by atoms with Crippen LogP contribution < -0.4 is 0 Å². The van der Waals surface area contributed by atoms with Gasteiger partial charge in [-0.15, -0.1) is 0 Å². The second kappa shape index (κ2) is 4.58. The smallest absolute Gasteiger partial charge is 0.211 e. The first kappa shape index (κ1) is 13.1. The molecule has 1 atom stereocenters. The van der Waals surface area contributed by atoms with E-state index in [0.717, 1.165) is 23.3 Å². The molecule has 0 bridgehead atoms. The molecule has 6 nitrogen and oxygen atoms in total. The Balaban J connectivity index is 1.91. The number of fused-ring (bicyclic) bond motifs is 1. The fourth-order valence-electron chi connectivity index (χ4n) is 2.54. The molecule has 0 aliphatic carbocycles. The monoisotopic (exact) mass is 290 g/mol. The molecule has 1 aliphatic rings. The Bertz CT molecular complexity index is 803. The van der Waals surface area contributed by atoms with Crippen molar-refractivity contribution in [2.24, 2.45) is 0 Å². The van der Waals surface area contributed by atoms with Gasteiger partial charge in [0.15, 0.2) is 0 Å². The van der Waals surface area contributed by atoms with Crippen molar-refractivity contribution in [1.82, 2.24) is 14.3 Å². The van der Waals surface area contributed by atoms with E-state index in [1.54, 1.807) is 18.2 Å².